The van der Waals surface area contributed by atoms with E-state index in [2.05, 4.69) is 57.9 Å². The maximum absolute atomic E-state index is 8.78. The minimum absolute atomic E-state index is 0.519. The molecule has 0 fully saturated rings. The standard InChI is InChI=1S/C31H30N4O3.H3NO2S/c1-36-27-13-7-22(8-14-27)19-25-5-4-6-26(20-23-9-15-28(37-2)16-10-23)30(25)31-32-34-35(33-31)21-24-11-17-29(38-3)18-12-24;1-4(2)3/h4-18H,19-21H2,1-3H3;1H2,(H,2,3)/p-1. The predicted molar refractivity (Wildman–Crippen MR) is 160 cm³/mol. The fourth-order valence-electron chi connectivity index (χ4n) is 4.47. The van der Waals surface area contributed by atoms with Crippen LogP contribution in [-0.2, 0) is 30.7 Å². The molecule has 1 heterocycles. The van der Waals surface area contributed by atoms with Gasteiger partial charge >= 0.3 is 0 Å². The number of aromatic nitrogens is 4. The summed E-state index contributed by atoms with van der Waals surface area (Å²) in [4.78, 5) is 1.64. The Hall–Kier alpha value is -4.58. The van der Waals surface area contributed by atoms with E-state index >= 15 is 0 Å². The maximum atomic E-state index is 8.78. The maximum Gasteiger partial charge on any atom is 0.205 e. The van der Waals surface area contributed by atoms with Gasteiger partial charge in [0.05, 0.1) is 27.9 Å². The number of nitrogens with two attached hydrogens (primary N) is 1. The van der Waals surface area contributed by atoms with Gasteiger partial charge in [0.1, 0.15) is 17.2 Å². The third-order valence-electron chi connectivity index (χ3n) is 6.50. The van der Waals surface area contributed by atoms with Crippen molar-refractivity contribution in [3.05, 3.63) is 119 Å². The Morgan fingerprint density at radius 2 is 1.12 bits per heavy atom. The lowest BCUT2D eigenvalue weighted by atomic mass is 9.92. The molecule has 0 amide bonds. The van der Waals surface area contributed by atoms with Crippen molar-refractivity contribution in [2.75, 3.05) is 21.3 Å². The zero-order valence-corrected chi connectivity index (χ0v) is 24.4. The molecule has 0 aliphatic heterocycles. The van der Waals surface area contributed by atoms with Crippen LogP contribution in [0.1, 0.15) is 27.8 Å². The first-order chi connectivity index (χ1) is 20.4. The molecule has 4 aromatic carbocycles. The Bertz CT molecular complexity index is 1520. The monoisotopic (exact) mass is 586 g/mol. The molecule has 0 radical (unpaired) electrons. The van der Waals surface area contributed by atoms with Gasteiger partial charge in [-0.25, -0.2) is 0 Å². The third kappa shape index (κ3) is 8.46. The van der Waals surface area contributed by atoms with Crippen molar-refractivity contribution < 1.29 is 23.0 Å². The lowest BCUT2D eigenvalue weighted by molar-refractivity contribution is 0.414. The molecule has 42 heavy (non-hydrogen) atoms. The van der Waals surface area contributed by atoms with Gasteiger partial charge < -0.3 is 18.8 Å². The molecule has 0 saturated carbocycles. The number of ether oxygens (including phenoxy) is 3. The van der Waals surface area contributed by atoms with E-state index in [-0.39, 0.29) is 0 Å². The molecular weight excluding hydrogens is 554 g/mol. The summed E-state index contributed by atoms with van der Waals surface area (Å²) < 4.78 is 33.5. The average molecular weight is 587 g/mol. The van der Waals surface area contributed by atoms with Crippen molar-refractivity contribution in [3.8, 4) is 28.6 Å². The summed E-state index contributed by atoms with van der Waals surface area (Å²) in [5.41, 5.74) is 6.73. The summed E-state index contributed by atoms with van der Waals surface area (Å²) in [6.45, 7) is 0.519. The van der Waals surface area contributed by atoms with Crippen LogP contribution < -0.4 is 19.3 Å². The van der Waals surface area contributed by atoms with Crippen molar-refractivity contribution in [1.82, 2.24) is 20.2 Å². The van der Waals surface area contributed by atoms with Gasteiger partial charge in [0.2, 0.25) is 5.82 Å². The van der Waals surface area contributed by atoms with Gasteiger partial charge in [0, 0.05) is 16.8 Å². The van der Waals surface area contributed by atoms with Crippen LogP contribution in [0, 0.1) is 0 Å². The van der Waals surface area contributed by atoms with Crippen molar-refractivity contribution >= 4 is 11.3 Å². The van der Waals surface area contributed by atoms with Gasteiger partial charge in [0.25, 0.3) is 0 Å². The van der Waals surface area contributed by atoms with Crippen LogP contribution in [0.2, 0.25) is 0 Å². The topological polar surface area (TPSA) is 137 Å². The second kappa shape index (κ2) is 14.9. The summed E-state index contributed by atoms with van der Waals surface area (Å²) in [6.07, 6.45) is 1.48. The highest BCUT2D eigenvalue weighted by Gasteiger charge is 2.17. The van der Waals surface area contributed by atoms with Crippen LogP contribution in [-0.4, -0.2) is 50.3 Å². The molecule has 5 rings (SSSR count). The van der Waals surface area contributed by atoms with Gasteiger partial charge in [-0.15, -0.1) is 10.2 Å². The summed E-state index contributed by atoms with van der Waals surface area (Å²) in [5.74, 6) is 3.11. The highest BCUT2D eigenvalue weighted by atomic mass is 32.2. The number of hydrogen-bond donors (Lipinski definition) is 1. The summed E-state index contributed by atoms with van der Waals surface area (Å²) in [6, 6.07) is 30.6. The molecule has 11 heteroatoms. The molecule has 2 N–H and O–H groups in total. The van der Waals surface area contributed by atoms with E-state index in [0.29, 0.717) is 12.4 Å². The minimum atomic E-state index is -2.36. The fraction of sp³-hybridized carbons (Fsp3) is 0.194. The SMILES string of the molecule is COc1ccc(Cc2cccc(Cc3ccc(OC)cc3)c2-c2nnn(Cc3ccc(OC)cc3)n2)cc1.NS(=O)[O-]. The molecule has 0 bridgehead atoms. The van der Waals surface area contributed by atoms with Crippen LogP contribution in [0.3, 0.4) is 0 Å². The number of nitrogens with zero attached hydrogens (tertiary/aromatic N) is 4. The lowest BCUT2D eigenvalue weighted by Gasteiger charge is -2.13. The van der Waals surface area contributed by atoms with E-state index in [1.54, 1.807) is 26.1 Å². The van der Waals surface area contributed by atoms with E-state index in [0.717, 1.165) is 52.3 Å². The fourth-order valence-corrected chi connectivity index (χ4v) is 4.47. The summed E-state index contributed by atoms with van der Waals surface area (Å²) in [7, 11) is 5.01. The molecule has 0 aliphatic carbocycles. The zero-order valence-electron chi connectivity index (χ0n) is 23.6. The Labute approximate surface area is 247 Å². The zero-order chi connectivity index (χ0) is 29.9. The van der Waals surface area contributed by atoms with Crippen LogP contribution >= 0.6 is 0 Å². The normalized spacial score (nSPS) is 11.3. The molecule has 10 nitrogen and oxygen atoms in total. The Morgan fingerprint density at radius 1 is 0.714 bits per heavy atom. The van der Waals surface area contributed by atoms with Gasteiger partial charge in [-0.1, -0.05) is 54.6 Å². The molecular formula is C31H32N5O5S-. The minimum Gasteiger partial charge on any atom is -0.760 e. The van der Waals surface area contributed by atoms with Crippen molar-refractivity contribution in [1.29, 1.82) is 0 Å². The predicted octanol–water partition coefficient (Wildman–Crippen LogP) is 4.34. The highest BCUT2D eigenvalue weighted by Crippen LogP contribution is 2.30. The number of rotatable bonds is 10. The number of methoxy groups -OCH3 is 3. The van der Waals surface area contributed by atoms with E-state index in [1.165, 1.54) is 11.1 Å². The first-order valence-electron chi connectivity index (χ1n) is 13.0. The molecule has 218 valence electrons. The smallest absolute Gasteiger partial charge is 0.205 e. The molecule has 0 spiro atoms. The summed E-state index contributed by atoms with van der Waals surface area (Å²) in [5, 5.41) is 17.7. The largest absolute Gasteiger partial charge is 0.760 e. The Kier molecular flexibility index (Phi) is 10.8. The van der Waals surface area contributed by atoms with E-state index in [9.17, 15) is 0 Å². The van der Waals surface area contributed by atoms with Crippen LogP contribution in [0.5, 0.6) is 17.2 Å². The van der Waals surface area contributed by atoms with Gasteiger partial charge in [-0.2, -0.15) is 4.80 Å². The third-order valence-corrected chi connectivity index (χ3v) is 6.50. The van der Waals surface area contributed by atoms with Crippen LogP contribution in [0.4, 0.5) is 0 Å². The van der Waals surface area contributed by atoms with Gasteiger partial charge in [-0.3, -0.25) is 9.35 Å². The Morgan fingerprint density at radius 3 is 1.52 bits per heavy atom. The van der Waals surface area contributed by atoms with Gasteiger partial charge in [0.15, 0.2) is 0 Å². The van der Waals surface area contributed by atoms with Gasteiger partial charge in [-0.05, 0) is 82.3 Å². The summed E-state index contributed by atoms with van der Waals surface area (Å²) >= 11 is -2.36. The molecule has 5 aromatic rings. The second-order valence-corrected chi connectivity index (χ2v) is 9.77. The van der Waals surface area contributed by atoms with Crippen molar-refractivity contribution in [3.63, 3.8) is 0 Å². The number of benzene rings is 4. The second-order valence-electron chi connectivity index (χ2n) is 9.25. The molecule has 1 atom stereocenters. The molecule has 0 aliphatic rings. The van der Waals surface area contributed by atoms with Crippen molar-refractivity contribution in [2.45, 2.75) is 19.4 Å². The lowest BCUT2D eigenvalue weighted by Crippen LogP contribution is -2.04. The quantitative estimate of drug-likeness (QED) is 0.239. The van der Waals surface area contributed by atoms with Crippen molar-refractivity contribution in [2.24, 2.45) is 5.14 Å². The first-order valence-corrected chi connectivity index (χ1v) is 14.1. The van der Waals surface area contributed by atoms with Crippen LogP contribution in [0.15, 0.2) is 91.0 Å². The number of hydrogen-bond acceptors (Lipinski definition) is 8. The first kappa shape index (κ1) is 30.4. The Balaban J connectivity index is 0.000000952. The molecule has 1 unspecified atom stereocenters. The number of tetrazole rings is 1. The highest BCUT2D eigenvalue weighted by molar-refractivity contribution is 7.76. The van der Waals surface area contributed by atoms with E-state index in [1.807, 2.05) is 48.5 Å². The van der Waals surface area contributed by atoms with E-state index in [4.69, 9.17) is 28.1 Å². The average Bonchev–Trinajstić information content (AvgIpc) is 3.46. The van der Waals surface area contributed by atoms with Crippen LogP contribution in [0.25, 0.3) is 11.4 Å². The van der Waals surface area contributed by atoms with E-state index < -0.39 is 11.3 Å². The molecule has 0 saturated heterocycles. The molecule has 1 aromatic heterocycles.